The minimum atomic E-state index is 0. The molecule has 1 aromatic carbocycles. The van der Waals surface area contributed by atoms with E-state index < -0.39 is 0 Å². The number of carbonyl (C=O) groups excluding carboxylic acids is 1. The van der Waals surface area contributed by atoms with Crippen LogP contribution in [-0.4, -0.2) is 19.0 Å². The number of amides is 1. The first kappa shape index (κ1) is 20.0. The van der Waals surface area contributed by atoms with Crippen molar-refractivity contribution in [2.45, 2.75) is 58.4 Å². The minimum Gasteiger partial charge on any atom is -0.350 e. The predicted octanol–water partition coefficient (Wildman–Crippen LogP) is 3.97. The Morgan fingerprint density at radius 1 is 1.30 bits per heavy atom. The fourth-order valence-corrected chi connectivity index (χ4v) is 2.96. The van der Waals surface area contributed by atoms with Crippen molar-refractivity contribution in [1.29, 1.82) is 0 Å². The third-order valence-corrected chi connectivity index (χ3v) is 4.60. The van der Waals surface area contributed by atoms with Gasteiger partial charge >= 0.3 is 0 Å². The monoisotopic (exact) mass is 338 g/mol. The maximum absolute atomic E-state index is 12.1. The van der Waals surface area contributed by atoms with Crippen molar-refractivity contribution in [3.05, 3.63) is 35.4 Å². The molecular formula is C19H31ClN2O. The maximum Gasteiger partial charge on any atom is 0.220 e. The summed E-state index contributed by atoms with van der Waals surface area (Å²) in [4.78, 5) is 12.1. The highest BCUT2D eigenvalue weighted by atomic mass is 35.5. The van der Waals surface area contributed by atoms with Gasteiger partial charge in [-0.1, -0.05) is 45.0 Å². The highest BCUT2D eigenvalue weighted by Gasteiger charge is 2.17. The molecule has 2 rings (SSSR count). The normalized spacial score (nSPS) is 19.0. The van der Waals surface area contributed by atoms with E-state index in [1.807, 2.05) is 0 Å². The lowest BCUT2D eigenvalue weighted by Crippen LogP contribution is -2.27. The highest BCUT2D eigenvalue weighted by Crippen LogP contribution is 2.24. The molecule has 2 N–H and O–H groups in total. The Hall–Kier alpha value is -1.06. The molecule has 0 aliphatic carbocycles. The van der Waals surface area contributed by atoms with Gasteiger partial charge in [-0.2, -0.15) is 0 Å². The molecule has 1 aliphatic rings. The molecule has 2 atom stereocenters. The van der Waals surface area contributed by atoms with Gasteiger partial charge in [0.05, 0.1) is 6.04 Å². The lowest BCUT2D eigenvalue weighted by atomic mass is 9.86. The van der Waals surface area contributed by atoms with Crippen LogP contribution in [-0.2, 0) is 10.2 Å². The van der Waals surface area contributed by atoms with E-state index >= 15 is 0 Å². The van der Waals surface area contributed by atoms with Crippen LogP contribution in [0.2, 0.25) is 0 Å². The van der Waals surface area contributed by atoms with E-state index in [9.17, 15) is 4.79 Å². The van der Waals surface area contributed by atoms with Crippen LogP contribution in [0, 0.1) is 5.92 Å². The van der Waals surface area contributed by atoms with Crippen molar-refractivity contribution in [1.82, 2.24) is 10.6 Å². The van der Waals surface area contributed by atoms with E-state index in [2.05, 4.69) is 62.6 Å². The van der Waals surface area contributed by atoms with Crippen LogP contribution in [0.4, 0.5) is 0 Å². The Morgan fingerprint density at radius 3 is 2.48 bits per heavy atom. The van der Waals surface area contributed by atoms with Crippen LogP contribution in [0.15, 0.2) is 24.3 Å². The van der Waals surface area contributed by atoms with Gasteiger partial charge < -0.3 is 10.6 Å². The van der Waals surface area contributed by atoms with Crippen molar-refractivity contribution in [2.24, 2.45) is 5.92 Å². The van der Waals surface area contributed by atoms with Crippen molar-refractivity contribution in [2.75, 3.05) is 13.1 Å². The summed E-state index contributed by atoms with van der Waals surface area (Å²) in [5.74, 6) is 0.839. The number of carbonyl (C=O) groups is 1. The molecule has 130 valence electrons. The Kier molecular flexibility index (Phi) is 7.56. The summed E-state index contributed by atoms with van der Waals surface area (Å²) in [6.45, 7) is 10.9. The number of hydrogen-bond donors (Lipinski definition) is 2. The first-order valence-electron chi connectivity index (χ1n) is 8.47. The number of rotatable bonds is 5. The van der Waals surface area contributed by atoms with Crippen molar-refractivity contribution in [3.8, 4) is 0 Å². The largest absolute Gasteiger partial charge is 0.350 e. The van der Waals surface area contributed by atoms with Crippen LogP contribution in [0.25, 0.3) is 0 Å². The predicted molar refractivity (Wildman–Crippen MR) is 99.2 cm³/mol. The molecule has 1 saturated heterocycles. The zero-order valence-electron chi connectivity index (χ0n) is 14.8. The molecule has 0 radical (unpaired) electrons. The lowest BCUT2D eigenvalue weighted by Gasteiger charge is -2.21. The summed E-state index contributed by atoms with van der Waals surface area (Å²) in [5.41, 5.74) is 2.66. The Morgan fingerprint density at radius 2 is 1.96 bits per heavy atom. The first-order chi connectivity index (χ1) is 10.4. The quantitative estimate of drug-likeness (QED) is 0.852. The molecule has 0 saturated carbocycles. The van der Waals surface area contributed by atoms with Crippen LogP contribution in [0.1, 0.15) is 64.1 Å². The van der Waals surface area contributed by atoms with Crippen LogP contribution < -0.4 is 10.6 Å². The van der Waals surface area contributed by atoms with Gasteiger partial charge in [-0.05, 0) is 55.3 Å². The number of hydrogen-bond acceptors (Lipinski definition) is 2. The fourth-order valence-electron chi connectivity index (χ4n) is 2.96. The van der Waals surface area contributed by atoms with Crippen LogP contribution in [0.5, 0.6) is 0 Å². The molecule has 1 fully saturated rings. The van der Waals surface area contributed by atoms with E-state index in [0.717, 1.165) is 19.5 Å². The SMILES string of the molecule is CC(NC(=O)CCC1CCNC1)c1ccc(C(C)(C)C)cc1.Cl. The second kappa shape index (κ2) is 8.70. The molecule has 2 unspecified atom stereocenters. The average molecular weight is 339 g/mol. The van der Waals surface area contributed by atoms with Gasteiger partial charge in [-0.3, -0.25) is 4.79 Å². The average Bonchev–Trinajstić information content (AvgIpc) is 2.97. The smallest absolute Gasteiger partial charge is 0.220 e. The molecule has 0 aromatic heterocycles. The maximum atomic E-state index is 12.1. The summed E-state index contributed by atoms with van der Waals surface area (Å²) in [7, 11) is 0. The Labute approximate surface area is 147 Å². The highest BCUT2D eigenvalue weighted by molar-refractivity contribution is 5.85. The second-order valence-electron chi connectivity index (χ2n) is 7.56. The summed E-state index contributed by atoms with van der Waals surface area (Å²) >= 11 is 0. The van der Waals surface area contributed by atoms with E-state index in [4.69, 9.17) is 0 Å². The Balaban J connectivity index is 0.00000264. The van der Waals surface area contributed by atoms with E-state index in [-0.39, 0.29) is 29.8 Å². The van der Waals surface area contributed by atoms with Crippen molar-refractivity contribution >= 4 is 18.3 Å². The molecule has 0 bridgehead atoms. The standard InChI is InChI=1S/C19H30N2O.ClH/c1-14(16-6-8-17(9-7-16)19(2,3)4)21-18(22)10-5-15-11-12-20-13-15;/h6-9,14-15,20H,5,10-13H2,1-4H3,(H,21,22);1H. The number of benzene rings is 1. The third-order valence-electron chi connectivity index (χ3n) is 4.60. The minimum absolute atomic E-state index is 0. The molecule has 3 nitrogen and oxygen atoms in total. The Bertz CT molecular complexity index is 487. The topological polar surface area (TPSA) is 41.1 Å². The van der Waals surface area contributed by atoms with Gasteiger partial charge in [0.2, 0.25) is 5.91 Å². The number of nitrogens with one attached hydrogen (secondary N) is 2. The summed E-state index contributed by atoms with van der Waals surface area (Å²) in [6.07, 6.45) is 2.84. The molecule has 1 aromatic rings. The zero-order chi connectivity index (χ0) is 16.2. The summed E-state index contributed by atoms with van der Waals surface area (Å²) in [6, 6.07) is 8.67. The zero-order valence-corrected chi connectivity index (χ0v) is 15.6. The second-order valence-corrected chi connectivity index (χ2v) is 7.56. The van der Waals surface area contributed by atoms with Crippen LogP contribution >= 0.6 is 12.4 Å². The van der Waals surface area contributed by atoms with Crippen molar-refractivity contribution < 1.29 is 4.79 Å². The molecule has 1 aliphatic heterocycles. The molecule has 1 amide bonds. The molecule has 4 heteroatoms. The van der Waals surface area contributed by atoms with Gasteiger partial charge in [-0.25, -0.2) is 0 Å². The van der Waals surface area contributed by atoms with Gasteiger partial charge in [0.25, 0.3) is 0 Å². The van der Waals surface area contributed by atoms with Gasteiger partial charge in [0, 0.05) is 6.42 Å². The third kappa shape index (κ3) is 6.15. The summed E-state index contributed by atoms with van der Waals surface area (Å²) < 4.78 is 0. The van der Waals surface area contributed by atoms with E-state index in [1.54, 1.807) is 0 Å². The van der Waals surface area contributed by atoms with Crippen molar-refractivity contribution in [3.63, 3.8) is 0 Å². The lowest BCUT2D eigenvalue weighted by molar-refractivity contribution is -0.122. The van der Waals surface area contributed by atoms with E-state index in [1.165, 1.54) is 17.5 Å². The first-order valence-corrected chi connectivity index (χ1v) is 8.47. The van der Waals surface area contributed by atoms with Gasteiger partial charge in [-0.15, -0.1) is 12.4 Å². The summed E-state index contributed by atoms with van der Waals surface area (Å²) in [5, 5.41) is 6.47. The molecule has 1 heterocycles. The van der Waals surface area contributed by atoms with Gasteiger partial charge in [0.1, 0.15) is 0 Å². The number of halogens is 1. The molecule has 23 heavy (non-hydrogen) atoms. The van der Waals surface area contributed by atoms with Crippen LogP contribution in [0.3, 0.4) is 0 Å². The fraction of sp³-hybridized carbons (Fsp3) is 0.632. The van der Waals surface area contributed by atoms with Gasteiger partial charge in [0.15, 0.2) is 0 Å². The molecular weight excluding hydrogens is 308 g/mol. The molecule has 0 spiro atoms. The van der Waals surface area contributed by atoms with E-state index in [0.29, 0.717) is 12.3 Å².